The number of carbonyl (C=O) groups excluding carboxylic acids is 1. The molecule has 0 radical (unpaired) electrons. The summed E-state index contributed by atoms with van der Waals surface area (Å²) in [5.74, 6) is -0.583. The number of carbonyl (C=O) groups is 1. The largest absolute Gasteiger partial charge is 0.416 e. The van der Waals surface area contributed by atoms with Gasteiger partial charge < -0.3 is 10.3 Å². The SMILES string of the molecule is O=C(CNS(=O)(=O)c1cccc(C(F)(F)F)c1)NCCc1c[nH]c2ccccc12. The van der Waals surface area contributed by atoms with Gasteiger partial charge in [0.05, 0.1) is 17.0 Å². The molecule has 0 aliphatic carbocycles. The van der Waals surface area contributed by atoms with E-state index in [4.69, 9.17) is 0 Å². The molecule has 3 rings (SSSR count). The highest BCUT2D eigenvalue weighted by molar-refractivity contribution is 7.89. The number of hydrogen-bond acceptors (Lipinski definition) is 3. The highest BCUT2D eigenvalue weighted by atomic mass is 32.2. The minimum atomic E-state index is -4.66. The molecule has 0 atom stereocenters. The second-order valence-electron chi connectivity index (χ2n) is 6.31. The first-order valence-corrected chi connectivity index (χ1v) is 10.1. The zero-order chi connectivity index (χ0) is 21.1. The van der Waals surface area contributed by atoms with Crippen molar-refractivity contribution in [2.24, 2.45) is 0 Å². The zero-order valence-electron chi connectivity index (χ0n) is 15.1. The van der Waals surface area contributed by atoms with Crippen LogP contribution in [-0.2, 0) is 27.4 Å². The summed E-state index contributed by atoms with van der Waals surface area (Å²) in [7, 11) is -4.25. The number of H-pyrrole nitrogens is 1. The van der Waals surface area contributed by atoms with Crippen LogP contribution in [0.3, 0.4) is 0 Å². The average molecular weight is 425 g/mol. The van der Waals surface area contributed by atoms with Crippen molar-refractivity contribution in [3.05, 3.63) is 65.9 Å². The minimum absolute atomic E-state index is 0.284. The van der Waals surface area contributed by atoms with Crippen molar-refractivity contribution in [3.8, 4) is 0 Å². The van der Waals surface area contributed by atoms with Crippen LogP contribution in [0, 0.1) is 0 Å². The summed E-state index contributed by atoms with van der Waals surface area (Å²) >= 11 is 0. The summed E-state index contributed by atoms with van der Waals surface area (Å²) in [5, 5.41) is 3.62. The number of aromatic nitrogens is 1. The molecule has 3 N–H and O–H groups in total. The lowest BCUT2D eigenvalue weighted by molar-refractivity contribution is -0.137. The van der Waals surface area contributed by atoms with E-state index in [-0.39, 0.29) is 6.54 Å². The number of aromatic amines is 1. The van der Waals surface area contributed by atoms with Gasteiger partial charge in [0.2, 0.25) is 15.9 Å². The molecule has 1 aromatic heterocycles. The number of fused-ring (bicyclic) bond motifs is 1. The Kier molecular flexibility index (Phi) is 5.94. The fourth-order valence-electron chi connectivity index (χ4n) is 2.82. The lowest BCUT2D eigenvalue weighted by Crippen LogP contribution is -2.37. The van der Waals surface area contributed by atoms with E-state index >= 15 is 0 Å². The number of hydrogen-bond donors (Lipinski definition) is 3. The fourth-order valence-corrected chi connectivity index (χ4v) is 3.85. The first-order chi connectivity index (χ1) is 13.7. The van der Waals surface area contributed by atoms with Crippen molar-refractivity contribution in [1.82, 2.24) is 15.0 Å². The van der Waals surface area contributed by atoms with Gasteiger partial charge in [0, 0.05) is 23.6 Å². The molecule has 0 unspecified atom stereocenters. The summed E-state index contributed by atoms with van der Waals surface area (Å²) in [5.41, 5.74) is 0.900. The van der Waals surface area contributed by atoms with Crippen LogP contribution in [0.25, 0.3) is 10.9 Å². The van der Waals surface area contributed by atoms with Crippen LogP contribution >= 0.6 is 0 Å². The zero-order valence-corrected chi connectivity index (χ0v) is 15.9. The van der Waals surface area contributed by atoms with E-state index in [1.807, 2.05) is 35.2 Å². The molecular formula is C19H18F3N3O3S. The summed E-state index contributed by atoms with van der Waals surface area (Å²) in [4.78, 5) is 14.5. The van der Waals surface area contributed by atoms with E-state index in [2.05, 4.69) is 10.3 Å². The minimum Gasteiger partial charge on any atom is -0.361 e. The smallest absolute Gasteiger partial charge is 0.361 e. The van der Waals surface area contributed by atoms with Gasteiger partial charge in [0.25, 0.3) is 0 Å². The summed E-state index contributed by atoms with van der Waals surface area (Å²) < 4.78 is 64.6. The van der Waals surface area contributed by atoms with Crippen LogP contribution in [0.2, 0.25) is 0 Å². The Morgan fingerprint density at radius 2 is 1.83 bits per heavy atom. The highest BCUT2D eigenvalue weighted by Gasteiger charge is 2.31. The Morgan fingerprint density at radius 1 is 1.07 bits per heavy atom. The van der Waals surface area contributed by atoms with E-state index in [1.165, 1.54) is 0 Å². The van der Waals surface area contributed by atoms with Gasteiger partial charge >= 0.3 is 6.18 Å². The van der Waals surface area contributed by atoms with Crippen molar-refractivity contribution < 1.29 is 26.4 Å². The van der Waals surface area contributed by atoms with E-state index in [1.54, 1.807) is 0 Å². The highest BCUT2D eigenvalue weighted by Crippen LogP contribution is 2.30. The quantitative estimate of drug-likeness (QED) is 0.544. The van der Waals surface area contributed by atoms with E-state index < -0.39 is 39.1 Å². The third kappa shape index (κ3) is 5.15. The number of nitrogens with one attached hydrogen (secondary N) is 3. The maximum atomic E-state index is 12.7. The second kappa shape index (κ2) is 8.26. The van der Waals surface area contributed by atoms with E-state index in [9.17, 15) is 26.4 Å². The fraction of sp³-hybridized carbons (Fsp3) is 0.211. The molecule has 10 heteroatoms. The molecular weight excluding hydrogens is 407 g/mol. The van der Waals surface area contributed by atoms with E-state index in [0.29, 0.717) is 12.5 Å². The molecule has 2 aromatic carbocycles. The monoisotopic (exact) mass is 425 g/mol. The first-order valence-electron chi connectivity index (χ1n) is 8.65. The Hall–Kier alpha value is -2.85. The molecule has 29 heavy (non-hydrogen) atoms. The lowest BCUT2D eigenvalue weighted by atomic mass is 10.1. The van der Waals surface area contributed by atoms with Gasteiger partial charge in [-0.2, -0.15) is 13.2 Å². The van der Waals surface area contributed by atoms with Crippen molar-refractivity contribution >= 4 is 26.8 Å². The normalized spacial score (nSPS) is 12.2. The molecule has 0 aliphatic heterocycles. The number of halogens is 3. The molecule has 1 heterocycles. The number of rotatable bonds is 7. The molecule has 3 aromatic rings. The molecule has 0 fully saturated rings. The topological polar surface area (TPSA) is 91.1 Å². The number of benzene rings is 2. The van der Waals surface area contributed by atoms with Crippen LogP contribution in [0.1, 0.15) is 11.1 Å². The van der Waals surface area contributed by atoms with Crippen LogP contribution in [0.15, 0.2) is 59.6 Å². The predicted molar refractivity (Wildman–Crippen MR) is 102 cm³/mol. The summed E-state index contributed by atoms with van der Waals surface area (Å²) in [6.07, 6.45) is -2.28. The van der Waals surface area contributed by atoms with Gasteiger partial charge in [-0.25, -0.2) is 13.1 Å². The van der Waals surface area contributed by atoms with Crippen LogP contribution in [-0.4, -0.2) is 32.4 Å². The Bertz CT molecular complexity index is 1120. The number of para-hydroxylation sites is 1. The Balaban J connectivity index is 1.53. The molecule has 154 valence electrons. The summed E-state index contributed by atoms with van der Waals surface area (Å²) in [6.45, 7) is -0.293. The van der Waals surface area contributed by atoms with Crippen molar-refractivity contribution in [3.63, 3.8) is 0 Å². The van der Waals surface area contributed by atoms with Crippen molar-refractivity contribution in [1.29, 1.82) is 0 Å². The maximum Gasteiger partial charge on any atom is 0.416 e. The predicted octanol–water partition coefficient (Wildman–Crippen LogP) is 2.82. The average Bonchev–Trinajstić information content (AvgIpc) is 3.09. The van der Waals surface area contributed by atoms with Crippen LogP contribution in [0.5, 0.6) is 0 Å². The maximum absolute atomic E-state index is 12.7. The van der Waals surface area contributed by atoms with Crippen molar-refractivity contribution in [2.75, 3.05) is 13.1 Å². The first kappa shape index (κ1) is 20.9. The molecule has 0 aliphatic rings. The van der Waals surface area contributed by atoms with Gasteiger partial charge in [-0.15, -0.1) is 0 Å². The lowest BCUT2D eigenvalue weighted by Gasteiger charge is -2.10. The molecule has 0 spiro atoms. The van der Waals surface area contributed by atoms with Gasteiger partial charge in [0.15, 0.2) is 0 Å². The van der Waals surface area contributed by atoms with Gasteiger partial charge in [-0.3, -0.25) is 4.79 Å². The third-order valence-electron chi connectivity index (χ3n) is 4.29. The number of alkyl halides is 3. The second-order valence-corrected chi connectivity index (χ2v) is 8.08. The summed E-state index contributed by atoms with van der Waals surface area (Å²) in [6, 6.07) is 11.0. The third-order valence-corrected chi connectivity index (χ3v) is 5.68. The number of amides is 1. The Labute approximate surface area is 165 Å². The molecule has 1 amide bonds. The van der Waals surface area contributed by atoms with Crippen LogP contribution < -0.4 is 10.0 Å². The van der Waals surface area contributed by atoms with Crippen molar-refractivity contribution in [2.45, 2.75) is 17.5 Å². The van der Waals surface area contributed by atoms with Gasteiger partial charge in [-0.05, 0) is 36.2 Å². The van der Waals surface area contributed by atoms with E-state index in [0.717, 1.165) is 34.7 Å². The Morgan fingerprint density at radius 3 is 2.59 bits per heavy atom. The molecule has 0 saturated carbocycles. The molecule has 6 nitrogen and oxygen atoms in total. The standard InChI is InChI=1S/C19H18F3N3O3S/c20-19(21,22)14-4-3-5-15(10-14)29(27,28)25-12-18(26)23-9-8-13-11-24-17-7-2-1-6-16(13)17/h1-7,10-11,24-25H,8-9,12H2,(H,23,26). The molecule has 0 bridgehead atoms. The van der Waals surface area contributed by atoms with Gasteiger partial charge in [-0.1, -0.05) is 24.3 Å². The number of sulfonamides is 1. The van der Waals surface area contributed by atoms with Crippen LogP contribution in [0.4, 0.5) is 13.2 Å². The van der Waals surface area contributed by atoms with Gasteiger partial charge in [0.1, 0.15) is 0 Å². The molecule has 0 saturated heterocycles.